The summed E-state index contributed by atoms with van der Waals surface area (Å²) in [5.74, 6) is 0.517. The molecule has 21 heavy (non-hydrogen) atoms. The van der Waals surface area contributed by atoms with E-state index in [1.54, 1.807) is 24.3 Å². The number of carbonyl (C=O) groups is 2. The second kappa shape index (κ2) is 6.72. The lowest BCUT2D eigenvalue weighted by Gasteiger charge is -2.37. The summed E-state index contributed by atoms with van der Waals surface area (Å²) in [5.41, 5.74) is 0.713. The number of amides is 1. The van der Waals surface area contributed by atoms with Crippen LogP contribution in [0.15, 0.2) is 24.3 Å². The van der Waals surface area contributed by atoms with Crippen molar-refractivity contribution < 1.29 is 19.1 Å². The Labute approximate surface area is 124 Å². The Morgan fingerprint density at radius 1 is 1.29 bits per heavy atom. The molecular weight excluding hydrogens is 270 g/mol. The molecule has 1 aromatic rings. The van der Waals surface area contributed by atoms with Gasteiger partial charge in [-0.05, 0) is 24.3 Å². The van der Waals surface area contributed by atoms with Crippen molar-refractivity contribution in [1.82, 2.24) is 5.32 Å². The summed E-state index contributed by atoms with van der Waals surface area (Å²) in [7, 11) is 0. The van der Waals surface area contributed by atoms with Crippen LogP contribution < -0.4 is 10.1 Å². The molecule has 0 bridgehead atoms. The van der Waals surface area contributed by atoms with Crippen LogP contribution in [0.3, 0.4) is 0 Å². The summed E-state index contributed by atoms with van der Waals surface area (Å²) in [6, 6.07) is 6.84. The second-order valence-corrected chi connectivity index (χ2v) is 5.67. The van der Waals surface area contributed by atoms with E-state index in [-0.39, 0.29) is 23.7 Å². The van der Waals surface area contributed by atoms with Gasteiger partial charge in [-0.15, -0.1) is 0 Å². The van der Waals surface area contributed by atoms with Gasteiger partial charge in [-0.25, -0.2) is 0 Å². The average molecular weight is 291 g/mol. The van der Waals surface area contributed by atoms with Crippen molar-refractivity contribution in [2.75, 3.05) is 26.4 Å². The molecule has 1 aromatic carbocycles. The fraction of sp³-hybridized carbons (Fsp3) is 0.500. The maximum Gasteiger partial charge on any atom is 0.257 e. The third kappa shape index (κ3) is 4.29. The van der Waals surface area contributed by atoms with Crippen LogP contribution in [0.1, 0.15) is 30.6 Å². The minimum Gasteiger partial charge on any atom is -0.484 e. The minimum absolute atomic E-state index is 0.0298. The molecule has 0 atom stereocenters. The van der Waals surface area contributed by atoms with E-state index in [4.69, 9.17) is 9.47 Å². The smallest absolute Gasteiger partial charge is 0.257 e. The molecule has 1 heterocycles. The highest BCUT2D eigenvalue weighted by Crippen LogP contribution is 2.24. The molecule has 1 N–H and O–H groups in total. The van der Waals surface area contributed by atoms with Crippen molar-refractivity contribution in [3.8, 4) is 5.75 Å². The lowest BCUT2D eigenvalue weighted by molar-refractivity contribution is -0.128. The quantitative estimate of drug-likeness (QED) is 0.778. The normalized spacial score (nSPS) is 15.9. The van der Waals surface area contributed by atoms with E-state index in [2.05, 4.69) is 12.2 Å². The maximum absolute atomic E-state index is 11.7. The maximum atomic E-state index is 11.7. The Bertz CT molecular complexity index is 506. The topological polar surface area (TPSA) is 64.6 Å². The van der Waals surface area contributed by atoms with Gasteiger partial charge in [-0.2, -0.15) is 0 Å². The van der Waals surface area contributed by atoms with Crippen molar-refractivity contribution >= 4 is 11.7 Å². The molecule has 1 aliphatic rings. The Morgan fingerprint density at radius 3 is 2.48 bits per heavy atom. The van der Waals surface area contributed by atoms with E-state index < -0.39 is 0 Å². The number of carbonyl (C=O) groups excluding carboxylic acids is 2. The first-order valence-electron chi connectivity index (χ1n) is 7.13. The standard InChI is InChI=1S/C16H21NO4/c1-3-14(18)12-4-6-13(7-5-12)21-8-15(19)17-9-16(2)10-20-11-16/h4-7H,3,8-11H2,1-2H3,(H,17,19). The number of ether oxygens (including phenoxy) is 2. The number of ketones is 1. The molecule has 0 aromatic heterocycles. The van der Waals surface area contributed by atoms with Gasteiger partial charge in [0.15, 0.2) is 12.4 Å². The van der Waals surface area contributed by atoms with Crippen LogP contribution in [0.5, 0.6) is 5.75 Å². The minimum atomic E-state index is -0.156. The number of nitrogens with one attached hydrogen (secondary N) is 1. The van der Waals surface area contributed by atoms with E-state index in [0.717, 1.165) is 0 Å². The number of hydrogen-bond donors (Lipinski definition) is 1. The Balaban J connectivity index is 1.74. The molecule has 0 spiro atoms. The Hall–Kier alpha value is -1.88. The Kier molecular flexibility index (Phi) is 4.96. The van der Waals surface area contributed by atoms with Gasteiger partial charge >= 0.3 is 0 Å². The first kappa shape index (κ1) is 15.5. The zero-order valence-corrected chi connectivity index (χ0v) is 12.5. The molecule has 2 rings (SSSR count). The van der Waals surface area contributed by atoms with Crippen molar-refractivity contribution in [2.45, 2.75) is 20.3 Å². The van der Waals surface area contributed by atoms with Crippen LogP contribution in [-0.2, 0) is 9.53 Å². The molecule has 0 radical (unpaired) electrons. The molecular formula is C16H21NO4. The van der Waals surface area contributed by atoms with Gasteiger partial charge in [0, 0.05) is 23.9 Å². The predicted molar refractivity (Wildman–Crippen MR) is 78.5 cm³/mol. The summed E-state index contributed by atoms with van der Waals surface area (Å²) < 4.78 is 10.5. The van der Waals surface area contributed by atoms with Crippen LogP contribution >= 0.6 is 0 Å². The van der Waals surface area contributed by atoms with Crippen LogP contribution in [-0.4, -0.2) is 38.1 Å². The van der Waals surface area contributed by atoms with Crippen molar-refractivity contribution in [3.63, 3.8) is 0 Å². The second-order valence-electron chi connectivity index (χ2n) is 5.67. The Morgan fingerprint density at radius 2 is 1.95 bits per heavy atom. The van der Waals surface area contributed by atoms with Gasteiger partial charge in [0.25, 0.3) is 5.91 Å². The highest BCUT2D eigenvalue weighted by Gasteiger charge is 2.33. The molecule has 114 valence electrons. The van der Waals surface area contributed by atoms with Crippen LogP contribution in [0, 0.1) is 5.41 Å². The average Bonchev–Trinajstić information content (AvgIpc) is 2.48. The summed E-state index contributed by atoms with van der Waals surface area (Å²) in [4.78, 5) is 23.2. The predicted octanol–water partition coefficient (Wildman–Crippen LogP) is 1.81. The van der Waals surface area contributed by atoms with Gasteiger partial charge in [-0.1, -0.05) is 13.8 Å². The summed E-state index contributed by atoms with van der Waals surface area (Å²) in [6.45, 7) is 5.82. The zero-order chi connectivity index (χ0) is 15.3. The van der Waals surface area contributed by atoms with Crippen molar-refractivity contribution in [3.05, 3.63) is 29.8 Å². The van der Waals surface area contributed by atoms with E-state index in [0.29, 0.717) is 37.5 Å². The van der Waals surface area contributed by atoms with Crippen LogP contribution in [0.25, 0.3) is 0 Å². The highest BCUT2D eigenvalue weighted by atomic mass is 16.5. The van der Waals surface area contributed by atoms with Gasteiger partial charge in [0.05, 0.1) is 13.2 Å². The van der Waals surface area contributed by atoms with Gasteiger partial charge < -0.3 is 14.8 Å². The van der Waals surface area contributed by atoms with E-state index in [1.807, 2.05) is 6.92 Å². The molecule has 1 amide bonds. The molecule has 1 fully saturated rings. The fourth-order valence-electron chi connectivity index (χ4n) is 2.01. The van der Waals surface area contributed by atoms with E-state index in [9.17, 15) is 9.59 Å². The number of benzene rings is 1. The van der Waals surface area contributed by atoms with Crippen LogP contribution in [0.2, 0.25) is 0 Å². The summed E-state index contributed by atoms with van der Waals surface area (Å²) >= 11 is 0. The van der Waals surface area contributed by atoms with Gasteiger partial charge in [0.2, 0.25) is 0 Å². The van der Waals surface area contributed by atoms with Gasteiger partial charge in [-0.3, -0.25) is 9.59 Å². The molecule has 1 aliphatic heterocycles. The zero-order valence-electron chi connectivity index (χ0n) is 12.5. The molecule has 0 unspecified atom stereocenters. The summed E-state index contributed by atoms with van der Waals surface area (Å²) in [6.07, 6.45) is 0.477. The van der Waals surface area contributed by atoms with Crippen molar-refractivity contribution in [1.29, 1.82) is 0 Å². The first-order valence-corrected chi connectivity index (χ1v) is 7.13. The molecule has 0 saturated carbocycles. The van der Waals surface area contributed by atoms with Gasteiger partial charge in [0.1, 0.15) is 5.75 Å². The molecule has 1 saturated heterocycles. The SMILES string of the molecule is CCC(=O)c1ccc(OCC(=O)NCC2(C)COC2)cc1. The molecule has 5 heteroatoms. The van der Waals surface area contributed by atoms with E-state index in [1.165, 1.54) is 0 Å². The first-order chi connectivity index (χ1) is 10.0. The number of hydrogen-bond acceptors (Lipinski definition) is 4. The van der Waals surface area contributed by atoms with Crippen molar-refractivity contribution in [2.24, 2.45) is 5.41 Å². The number of Topliss-reactive ketones (excluding diaryl/α,β-unsaturated/α-hetero) is 1. The third-order valence-electron chi connectivity index (χ3n) is 3.48. The number of rotatable bonds is 7. The molecule has 0 aliphatic carbocycles. The van der Waals surface area contributed by atoms with E-state index >= 15 is 0 Å². The van der Waals surface area contributed by atoms with Crippen LogP contribution in [0.4, 0.5) is 0 Å². The largest absolute Gasteiger partial charge is 0.484 e. The summed E-state index contributed by atoms with van der Waals surface area (Å²) in [5, 5.41) is 2.84. The molecule has 5 nitrogen and oxygen atoms in total. The highest BCUT2D eigenvalue weighted by molar-refractivity contribution is 5.95. The third-order valence-corrected chi connectivity index (χ3v) is 3.48. The lowest BCUT2D eigenvalue weighted by atomic mass is 9.89. The fourth-order valence-corrected chi connectivity index (χ4v) is 2.01. The lowest BCUT2D eigenvalue weighted by Crippen LogP contribution is -2.49. The monoisotopic (exact) mass is 291 g/mol.